The van der Waals surface area contributed by atoms with Gasteiger partial charge in [0.05, 0.1) is 6.54 Å². The van der Waals surface area contributed by atoms with Crippen LogP contribution in [0.1, 0.15) is 5.56 Å². The first-order valence-corrected chi connectivity index (χ1v) is 9.88. The van der Waals surface area contributed by atoms with Gasteiger partial charge in [-0.15, -0.1) is 0 Å². The number of hydrogen-bond acceptors (Lipinski definition) is 8. The van der Waals surface area contributed by atoms with Gasteiger partial charge in [0.25, 0.3) is 0 Å². The van der Waals surface area contributed by atoms with Crippen molar-refractivity contribution in [3.63, 3.8) is 0 Å². The summed E-state index contributed by atoms with van der Waals surface area (Å²) in [5.74, 6) is -2.06. The van der Waals surface area contributed by atoms with Gasteiger partial charge in [-0.3, -0.25) is 4.79 Å². The summed E-state index contributed by atoms with van der Waals surface area (Å²) in [6.45, 7) is 1.72. The third kappa shape index (κ3) is 7.17. The first kappa shape index (κ1) is 25.6. The number of carboxylic acids is 2. The molecule has 2 atom stereocenters. The highest BCUT2D eigenvalue weighted by Gasteiger charge is 2.29. The molecule has 0 aromatic heterocycles. The standard InChI is InChI=1S/C18H20N2O3.C4H6O6/c1-20(18(21)11-19)12-13-3-2-4-14(9-13)15-5-6-16-17(10-15)23-8-7-22-16;5-1(3(7)8)2(6)4(9)10/h2-6,9-10H,7-8,11-12,19H2,1H3;1-2,5-6H,(H,7,8)(H,9,10)/t;1-,2-/m.1/s1. The number of carbonyl (C=O) groups is 3. The van der Waals surface area contributed by atoms with Crippen molar-refractivity contribution in [1.29, 1.82) is 0 Å². The van der Waals surface area contributed by atoms with Gasteiger partial charge in [-0.2, -0.15) is 0 Å². The zero-order chi connectivity index (χ0) is 24.5. The molecule has 0 spiro atoms. The number of benzene rings is 2. The Morgan fingerprint density at radius 3 is 2.09 bits per heavy atom. The van der Waals surface area contributed by atoms with Gasteiger partial charge >= 0.3 is 11.9 Å². The number of fused-ring (bicyclic) bond motifs is 1. The van der Waals surface area contributed by atoms with Crippen LogP contribution in [0.4, 0.5) is 0 Å². The van der Waals surface area contributed by atoms with Gasteiger partial charge in [0, 0.05) is 13.6 Å². The zero-order valence-corrected chi connectivity index (χ0v) is 17.9. The van der Waals surface area contributed by atoms with Crippen molar-refractivity contribution in [2.45, 2.75) is 18.8 Å². The van der Waals surface area contributed by atoms with E-state index in [1.807, 2.05) is 36.4 Å². The van der Waals surface area contributed by atoms with Crippen molar-refractivity contribution >= 4 is 17.8 Å². The summed E-state index contributed by atoms with van der Waals surface area (Å²) in [5.41, 5.74) is 8.59. The number of amides is 1. The summed E-state index contributed by atoms with van der Waals surface area (Å²) in [7, 11) is 1.76. The van der Waals surface area contributed by atoms with Gasteiger partial charge in [-0.05, 0) is 34.9 Å². The number of nitrogens with two attached hydrogens (primary N) is 1. The Hall–Kier alpha value is -3.67. The van der Waals surface area contributed by atoms with Crippen LogP contribution in [0.15, 0.2) is 42.5 Å². The second kappa shape index (κ2) is 11.8. The summed E-state index contributed by atoms with van der Waals surface area (Å²) in [6, 6.07) is 14.0. The number of rotatable bonds is 7. The molecule has 6 N–H and O–H groups in total. The maximum absolute atomic E-state index is 11.6. The molecule has 0 radical (unpaired) electrons. The van der Waals surface area contributed by atoms with Gasteiger partial charge in [0.1, 0.15) is 13.2 Å². The summed E-state index contributed by atoms with van der Waals surface area (Å²) in [4.78, 5) is 32.8. The molecule has 0 saturated heterocycles. The Kier molecular flexibility index (Phi) is 9.16. The van der Waals surface area contributed by atoms with E-state index in [0.717, 1.165) is 28.2 Å². The van der Waals surface area contributed by atoms with E-state index in [-0.39, 0.29) is 12.5 Å². The third-order valence-electron chi connectivity index (χ3n) is 4.63. The summed E-state index contributed by atoms with van der Waals surface area (Å²) in [5, 5.41) is 32.5. The van der Waals surface area contributed by atoms with Gasteiger partial charge in [-0.25, -0.2) is 9.59 Å². The highest BCUT2D eigenvalue weighted by atomic mass is 16.6. The van der Waals surface area contributed by atoms with Crippen LogP contribution >= 0.6 is 0 Å². The van der Waals surface area contributed by atoms with Crippen LogP contribution in [0.25, 0.3) is 11.1 Å². The molecule has 2 aromatic carbocycles. The molecule has 11 heteroatoms. The first-order valence-electron chi connectivity index (χ1n) is 9.88. The van der Waals surface area contributed by atoms with Crippen LogP contribution < -0.4 is 15.2 Å². The van der Waals surface area contributed by atoms with Gasteiger partial charge in [0.2, 0.25) is 5.91 Å². The van der Waals surface area contributed by atoms with E-state index < -0.39 is 24.1 Å². The number of nitrogens with zero attached hydrogens (tertiary/aromatic N) is 1. The first-order chi connectivity index (χ1) is 15.6. The molecule has 178 valence electrons. The normalized spacial score (nSPS) is 13.7. The molecule has 0 aliphatic carbocycles. The number of hydrogen-bond donors (Lipinski definition) is 5. The monoisotopic (exact) mass is 462 g/mol. The zero-order valence-electron chi connectivity index (χ0n) is 17.9. The van der Waals surface area contributed by atoms with Crippen molar-refractivity contribution in [2.24, 2.45) is 5.73 Å². The molecule has 1 amide bonds. The fourth-order valence-corrected chi connectivity index (χ4v) is 2.86. The average Bonchev–Trinajstić information content (AvgIpc) is 2.82. The fraction of sp³-hybridized carbons (Fsp3) is 0.318. The minimum Gasteiger partial charge on any atom is -0.486 e. The van der Waals surface area contributed by atoms with Crippen LogP contribution in [0.3, 0.4) is 0 Å². The highest BCUT2D eigenvalue weighted by Crippen LogP contribution is 2.34. The van der Waals surface area contributed by atoms with Crippen molar-refractivity contribution in [1.82, 2.24) is 4.90 Å². The summed E-state index contributed by atoms with van der Waals surface area (Å²) >= 11 is 0. The predicted molar refractivity (Wildman–Crippen MR) is 116 cm³/mol. The predicted octanol–water partition coefficient (Wildman–Crippen LogP) is -0.0807. The molecule has 1 aliphatic rings. The summed E-state index contributed by atoms with van der Waals surface area (Å²) < 4.78 is 11.2. The third-order valence-corrected chi connectivity index (χ3v) is 4.63. The molecule has 0 unspecified atom stereocenters. The number of ether oxygens (including phenoxy) is 2. The molecule has 33 heavy (non-hydrogen) atoms. The van der Waals surface area contributed by atoms with E-state index in [1.165, 1.54) is 0 Å². The second-order valence-corrected chi connectivity index (χ2v) is 7.08. The Balaban J connectivity index is 0.000000328. The molecule has 11 nitrogen and oxygen atoms in total. The summed E-state index contributed by atoms with van der Waals surface area (Å²) in [6.07, 6.45) is -4.53. The Labute approximate surface area is 189 Å². The largest absolute Gasteiger partial charge is 0.486 e. The minimum absolute atomic E-state index is 0.0261. The lowest BCUT2D eigenvalue weighted by Crippen LogP contribution is -2.39. The van der Waals surface area contributed by atoms with Crippen molar-refractivity contribution in [2.75, 3.05) is 26.8 Å². The number of carbonyl (C=O) groups excluding carboxylic acids is 1. The van der Waals surface area contributed by atoms with E-state index in [1.54, 1.807) is 11.9 Å². The van der Waals surface area contributed by atoms with Gasteiger partial charge < -0.3 is 40.5 Å². The van der Waals surface area contributed by atoms with Crippen molar-refractivity contribution < 1.29 is 44.3 Å². The molecular formula is C22H26N2O9. The number of carboxylic acid groups (broad SMARTS) is 2. The minimum atomic E-state index is -2.27. The quantitative estimate of drug-likeness (QED) is 0.373. The number of aliphatic hydroxyl groups is 2. The van der Waals surface area contributed by atoms with E-state index >= 15 is 0 Å². The molecule has 0 bridgehead atoms. The van der Waals surface area contributed by atoms with Crippen molar-refractivity contribution in [3.8, 4) is 22.6 Å². The Morgan fingerprint density at radius 2 is 1.52 bits per heavy atom. The lowest BCUT2D eigenvalue weighted by molar-refractivity contribution is -0.165. The number of aliphatic hydroxyl groups excluding tert-OH is 2. The molecular weight excluding hydrogens is 436 g/mol. The maximum atomic E-state index is 11.6. The van der Waals surface area contributed by atoms with E-state index in [2.05, 4.69) is 6.07 Å². The van der Waals surface area contributed by atoms with Crippen LogP contribution in [-0.4, -0.2) is 82.2 Å². The fourth-order valence-electron chi connectivity index (χ4n) is 2.86. The molecule has 3 rings (SSSR count). The smallest absolute Gasteiger partial charge is 0.335 e. The topological polar surface area (TPSA) is 180 Å². The highest BCUT2D eigenvalue weighted by molar-refractivity contribution is 5.83. The van der Waals surface area contributed by atoms with Crippen LogP contribution in [0.2, 0.25) is 0 Å². The molecule has 2 aromatic rings. The van der Waals surface area contributed by atoms with E-state index in [0.29, 0.717) is 19.8 Å². The maximum Gasteiger partial charge on any atom is 0.335 e. The lowest BCUT2D eigenvalue weighted by atomic mass is 10.0. The van der Waals surface area contributed by atoms with E-state index in [4.69, 9.17) is 35.6 Å². The molecule has 0 fully saturated rings. The number of likely N-dealkylation sites (N-methyl/N-ethyl adjacent to an activating group) is 1. The lowest BCUT2D eigenvalue weighted by Gasteiger charge is -2.19. The number of aliphatic carboxylic acids is 2. The molecule has 1 heterocycles. The average molecular weight is 462 g/mol. The second-order valence-electron chi connectivity index (χ2n) is 7.08. The van der Waals surface area contributed by atoms with Crippen LogP contribution in [0.5, 0.6) is 11.5 Å². The van der Waals surface area contributed by atoms with E-state index in [9.17, 15) is 14.4 Å². The van der Waals surface area contributed by atoms with Gasteiger partial charge in [0.15, 0.2) is 23.7 Å². The Bertz CT molecular complexity index is 978. The Morgan fingerprint density at radius 1 is 0.939 bits per heavy atom. The van der Waals surface area contributed by atoms with Crippen molar-refractivity contribution in [3.05, 3.63) is 48.0 Å². The van der Waals surface area contributed by atoms with Gasteiger partial charge in [-0.1, -0.05) is 24.3 Å². The van der Waals surface area contributed by atoms with Crippen LogP contribution in [-0.2, 0) is 20.9 Å². The molecule has 1 aliphatic heterocycles. The molecule has 0 saturated carbocycles. The van der Waals surface area contributed by atoms with Crippen LogP contribution in [0, 0.1) is 0 Å². The SMILES string of the molecule is CN(Cc1cccc(-c2ccc3c(c2)OCCO3)c1)C(=O)CN.O=C(O)[C@H](O)[C@@H](O)C(=O)O.